The lowest BCUT2D eigenvalue weighted by molar-refractivity contribution is -0.122. The number of nitrogens with two attached hydrogens (primary N) is 1. The number of aryl methyl sites for hydroxylation is 1. The second kappa shape index (κ2) is 8.47. The van der Waals surface area contributed by atoms with Crippen LogP contribution in [0.4, 0.5) is 11.6 Å². The van der Waals surface area contributed by atoms with Crippen LogP contribution in [0.25, 0.3) is 11.3 Å². The number of carbonyl (C=O) groups is 1. The predicted molar refractivity (Wildman–Crippen MR) is 140 cm³/mol. The van der Waals surface area contributed by atoms with Crippen molar-refractivity contribution in [3.05, 3.63) is 69.3 Å². The van der Waals surface area contributed by atoms with E-state index in [-0.39, 0.29) is 17.4 Å². The third-order valence-electron chi connectivity index (χ3n) is 8.00. The molecule has 8 heteroatoms. The number of β-lactam (4-membered cyclic amide) rings is 1. The van der Waals surface area contributed by atoms with E-state index in [0.29, 0.717) is 34.5 Å². The second-order valence-electron chi connectivity index (χ2n) is 9.90. The number of benzene rings is 2. The van der Waals surface area contributed by atoms with E-state index < -0.39 is 0 Å². The second-order valence-corrected chi connectivity index (χ2v) is 10.7. The van der Waals surface area contributed by atoms with Crippen LogP contribution in [0.3, 0.4) is 0 Å². The Labute approximate surface area is 215 Å². The van der Waals surface area contributed by atoms with Crippen molar-refractivity contribution >= 4 is 40.7 Å². The monoisotopic (exact) mass is 507 g/mol. The normalized spacial score (nSPS) is 20.8. The highest BCUT2D eigenvalue weighted by Crippen LogP contribution is 2.51. The average molecular weight is 508 g/mol. The van der Waals surface area contributed by atoms with E-state index in [1.54, 1.807) is 11.0 Å². The highest BCUT2D eigenvalue weighted by molar-refractivity contribution is 6.43. The fraction of sp³-hybridized carbons (Fsp3) is 0.370. The molecule has 2 aliphatic heterocycles. The molecule has 0 radical (unpaired) electrons. The van der Waals surface area contributed by atoms with Crippen molar-refractivity contribution in [2.45, 2.75) is 38.6 Å². The molecule has 0 bridgehead atoms. The van der Waals surface area contributed by atoms with Crippen LogP contribution in [0, 0.1) is 12.3 Å². The molecule has 0 saturated carbocycles. The van der Waals surface area contributed by atoms with Gasteiger partial charge in [0, 0.05) is 37.7 Å². The van der Waals surface area contributed by atoms with Gasteiger partial charge in [0.15, 0.2) is 11.6 Å². The van der Waals surface area contributed by atoms with Crippen LogP contribution in [0.5, 0.6) is 0 Å². The maximum absolute atomic E-state index is 12.5. The molecular weight excluding hydrogens is 481 g/mol. The minimum atomic E-state index is 0.0532. The lowest BCUT2D eigenvalue weighted by Gasteiger charge is -2.43. The molecule has 180 valence electrons. The Morgan fingerprint density at radius 1 is 1.00 bits per heavy atom. The van der Waals surface area contributed by atoms with Crippen molar-refractivity contribution in [2.75, 3.05) is 29.4 Å². The number of aromatic nitrogens is 2. The van der Waals surface area contributed by atoms with Crippen molar-refractivity contribution in [1.29, 1.82) is 0 Å². The molecule has 1 amide bonds. The summed E-state index contributed by atoms with van der Waals surface area (Å²) in [6, 6.07) is 14.1. The van der Waals surface area contributed by atoms with Gasteiger partial charge in [0.05, 0.1) is 21.4 Å². The van der Waals surface area contributed by atoms with Crippen molar-refractivity contribution in [3.8, 4) is 11.3 Å². The standard InChI is InChI=1S/C27H27Cl2N5O/c1-16-23(19-7-4-8-20(28)22(19)29)32-26(34-12-9-21(34)35)25(31-16)33-13-10-27(11-14-33)15-17-5-2-3-6-18(17)24(27)30/h2-8,24H,9-15,30H2,1H3/t24-/m1/s1. The first-order chi connectivity index (χ1) is 16.9. The van der Waals surface area contributed by atoms with Gasteiger partial charge in [-0.15, -0.1) is 0 Å². The zero-order chi connectivity index (χ0) is 24.3. The van der Waals surface area contributed by atoms with Crippen molar-refractivity contribution < 1.29 is 4.79 Å². The molecule has 1 aliphatic carbocycles. The van der Waals surface area contributed by atoms with Crippen molar-refractivity contribution in [2.24, 2.45) is 11.1 Å². The summed E-state index contributed by atoms with van der Waals surface area (Å²) in [5, 5.41) is 0.904. The number of amides is 1. The highest BCUT2D eigenvalue weighted by atomic mass is 35.5. The molecule has 6 rings (SSSR count). The number of rotatable bonds is 3. The number of nitrogens with zero attached hydrogens (tertiary/aromatic N) is 4. The van der Waals surface area contributed by atoms with Crippen molar-refractivity contribution in [3.63, 3.8) is 0 Å². The van der Waals surface area contributed by atoms with E-state index in [2.05, 4.69) is 29.2 Å². The summed E-state index contributed by atoms with van der Waals surface area (Å²) in [5.41, 5.74) is 11.6. The van der Waals surface area contributed by atoms with E-state index in [1.807, 2.05) is 19.1 Å². The van der Waals surface area contributed by atoms with E-state index in [0.717, 1.165) is 49.4 Å². The van der Waals surface area contributed by atoms with Gasteiger partial charge in [-0.2, -0.15) is 0 Å². The molecule has 2 saturated heterocycles. The summed E-state index contributed by atoms with van der Waals surface area (Å²) < 4.78 is 0. The zero-order valence-corrected chi connectivity index (χ0v) is 21.1. The quantitative estimate of drug-likeness (QED) is 0.484. The summed E-state index contributed by atoms with van der Waals surface area (Å²) in [7, 11) is 0. The van der Waals surface area contributed by atoms with Gasteiger partial charge < -0.3 is 10.6 Å². The Hall–Kier alpha value is -2.67. The van der Waals surface area contributed by atoms with Gasteiger partial charge in [-0.1, -0.05) is 59.6 Å². The third kappa shape index (κ3) is 3.62. The van der Waals surface area contributed by atoms with E-state index in [4.69, 9.17) is 38.9 Å². The van der Waals surface area contributed by atoms with Gasteiger partial charge in [-0.3, -0.25) is 9.69 Å². The smallest absolute Gasteiger partial charge is 0.230 e. The first kappa shape index (κ1) is 22.8. The molecule has 1 spiro atoms. The Balaban J connectivity index is 1.34. The molecule has 2 fully saturated rings. The number of carbonyl (C=O) groups excluding carboxylic acids is 1. The van der Waals surface area contributed by atoms with Crippen LogP contribution >= 0.6 is 23.2 Å². The largest absolute Gasteiger partial charge is 0.353 e. The summed E-state index contributed by atoms with van der Waals surface area (Å²) >= 11 is 12.8. The minimum absolute atomic E-state index is 0.0532. The first-order valence-corrected chi connectivity index (χ1v) is 12.9. The van der Waals surface area contributed by atoms with Gasteiger partial charge in [0.2, 0.25) is 5.91 Å². The lowest BCUT2D eigenvalue weighted by atomic mass is 9.73. The Bertz CT molecular complexity index is 1340. The predicted octanol–water partition coefficient (Wildman–Crippen LogP) is 5.34. The minimum Gasteiger partial charge on any atom is -0.353 e. The van der Waals surface area contributed by atoms with Gasteiger partial charge in [0.25, 0.3) is 0 Å². The van der Waals surface area contributed by atoms with Crippen LogP contribution in [0.1, 0.15) is 42.1 Å². The molecule has 1 aromatic heterocycles. The SMILES string of the molecule is Cc1nc(N2CCC3(CC2)Cc2ccccc2[C@H]3N)c(N2CCC2=O)nc1-c1cccc(Cl)c1Cl. The summed E-state index contributed by atoms with van der Waals surface area (Å²) in [4.78, 5) is 26.4. The summed E-state index contributed by atoms with van der Waals surface area (Å²) in [6.45, 7) is 4.22. The van der Waals surface area contributed by atoms with E-state index in [9.17, 15) is 4.79 Å². The average Bonchev–Trinajstić information content (AvgIpc) is 3.12. The number of anilines is 2. The van der Waals surface area contributed by atoms with Crippen LogP contribution < -0.4 is 15.5 Å². The number of fused-ring (bicyclic) bond motifs is 1. The zero-order valence-electron chi connectivity index (χ0n) is 19.6. The third-order valence-corrected chi connectivity index (χ3v) is 8.82. The molecule has 1 atom stereocenters. The number of hydrogen-bond acceptors (Lipinski definition) is 5. The first-order valence-electron chi connectivity index (χ1n) is 12.1. The molecule has 3 heterocycles. The molecule has 35 heavy (non-hydrogen) atoms. The van der Waals surface area contributed by atoms with Gasteiger partial charge in [-0.25, -0.2) is 9.97 Å². The molecule has 3 aromatic rings. The molecule has 2 aromatic carbocycles. The fourth-order valence-electron chi connectivity index (χ4n) is 5.84. The number of hydrogen-bond donors (Lipinski definition) is 1. The van der Waals surface area contributed by atoms with Gasteiger partial charge >= 0.3 is 0 Å². The molecular formula is C27H27Cl2N5O. The highest BCUT2D eigenvalue weighted by Gasteiger charge is 2.46. The van der Waals surface area contributed by atoms with Crippen LogP contribution in [0.2, 0.25) is 10.0 Å². The molecule has 6 nitrogen and oxygen atoms in total. The van der Waals surface area contributed by atoms with Crippen LogP contribution in [-0.2, 0) is 11.2 Å². The summed E-state index contributed by atoms with van der Waals surface area (Å²) in [5.74, 6) is 1.43. The Morgan fingerprint density at radius 2 is 1.77 bits per heavy atom. The number of halogens is 2. The Morgan fingerprint density at radius 3 is 2.46 bits per heavy atom. The molecule has 0 unspecified atom stereocenters. The molecule has 2 N–H and O–H groups in total. The van der Waals surface area contributed by atoms with E-state index >= 15 is 0 Å². The lowest BCUT2D eigenvalue weighted by Crippen LogP contribution is -2.47. The van der Waals surface area contributed by atoms with Crippen molar-refractivity contribution in [1.82, 2.24) is 9.97 Å². The van der Waals surface area contributed by atoms with Crippen LogP contribution in [-0.4, -0.2) is 35.5 Å². The topological polar surface area (TPSA) is 75.4 Å². The Kier molecular flexibility index (Phi) is 5.51. The summed E-state index contributed by atoms with van der Waals surface area (Å²) in [6.07, 6.45) is 3.49. The van der Waals surface area contributed by atoms with Crippen LogP contribution in [0.15, 0.2) is 42.5 Å². The van der Waals surface area contributed by atoms with Gasteiger partial charge in [0.1, 0.15) is 0 Å². The molecule has 3 aliphatic rings. The van der Waals surface area contributed by atoms with E-state index in [1.165, 1.54) is 11.1 Å². The maximum Gasteiger partial charge on any atom is 0.230 e. The fourth-order valence-corrected chi connectivity index (χ4v) is 6.23. The maximum atomic E-state index is 12.5. The number of piperidine rings is 1. The van der Waals surface area contributed by atoms with Gasteiger partial charge in [-0.05, 0) is 48.8 Å².